The molecule has 0 aliphatic carbocycles. The summed E-state index contributed by atoms with van der Waals surface area (Å²) in [5.74, 6) is 0. The Bertz CT molecular complexity index is 159. The van der Waals surface area contributed by atoms with Gasteiger partial charge in [0.1, 0.15) is 0 Å². The molecule has 2 heteroatoms. The van der Waals surface area contributed by atoms with Gasteiger partial charge in [-0.1, -0.05) is 31.8 Å². The molecule has 0 saturated carbocycles. The molecule has 0 bridgehead atoms. The number of rotatable bonds is 3. The summed E-state index contributed by atoms with van der Waals surface area (Å²) in [6.07, 6.45) is 0.912. The second kappa shape index (κ2) is 5.30. The summed E-state index contributed by atoms with van der Waals surface area (Å²) in [4.78, 5) is 4.20. The van der Waals surface area contributed by atoms with E-state index in [1.807, 2.05) is 13.8 Å². The Morgan fingerprint density at radius 1 is 1.70 bits per heavy atom. The highest BCUT2D eigenvalue weighted by molar-refractivity contribution is 8.16. The van der Waals surface area contributed by atoms with Crippen molar-refractivity contribution in [3.05, 3.63) is 24.3 Å². The second-order valence-electron chi connectivity index (χ2n) is 1.84. The van der Waals surface area contributed by atoms with Crippen LogP contribution in [0.1, 0.15) is 20.3 Å². The maximum absolute atomic E-state index is 4.20. The highest BCUT2D eigenvalue weighted by Crippen LogP contribution is 2.08. The summed E-state index contributed by atoms with van der Waals surface area (Å²) in [7, 11) is 0. The van der Waals surface area contributed by atoms with Gasteiger partial charge in [0.15, 0.2) is 0 Å². The molecule has 0 aliphatic rings. The monoisotopic (exact) mass is 155 g/mol. The number of nitrogens with zero attached hydrogens (tertiary/aromatic N) is 1. The zero-order valence-corrected chi connectivity index (χ0v) is 7.37. The number of allylic oxidation sites excluding steroid dienone is 1. The van der Waals surface area contributed by atoms with Crippen molar-refractivity contribution in [1.29, 1.82) is 0 Å². The Kier molecular flexibility index (Phi) is 5.03. The van der Waals surface area contributed by atoms with E-state index in [9.17, 15) is 0 Å². The summed E-state index contributed by atoms with van der Waals surface area (Å²) >= 11 is 1.53. The zero-order chi connectivity index (χ0) is 7.98. The molecular weight excluding hydrogens is 142 g/mol. The first-order valence-corrected chi connectivity index (χ1v) is 4.09. The Morgan fingerprint density at radius 2 is 2.30 bits per heavy atom. The lowest BCUT2D eigenvalue weighted by molar-refractivity contribution is 1.08. The lowest BCUT2D eigenvalue weighted by atomic mass is 10.4. The molecular formula is C8H13NS. The average molecular weight is 155 g/mol. The van der Waals surface area contributed by atoms with E-state index in [1.165, 1.54) is 11.8 Å². The molecule has 0 radical (unpaired) electrons. The van der Waals surface area contributed by atoms with E-state index in [-0.39, 0.29) is 0 Å². The van der Waals surface area contributed by atoms with E-state index >= 15 is 0 Å². The molecule has 0 aromatic heterocycles. The minimum absolute atomic E-state index is 0.912. The van der Waals surface area contributed by atoms with E-state index in [1.54, 1.807) is 5.41 Å². The van der Waals surface area contributed by atoms with E-state index < -0.39 is 0 Å². The Morgan fingerprint density at radius 3 is 2.70 bits per heavy atom. The predicted octanol–water partition coefficient (Wildman–Crippen LogP) is 3.21. The smallest absolute Gasteiger partial charge is 0.0745 e. The molecule has 56 valence electrons. The molecule has 0 aromatic rings. The molecule has 0 amide bonds. The summed E-state index contributed by atoms with van der Waals surface area (Å²) in [6, 6.07) is 0. The van der Waals surface area contributed by atoms with E-state index in [4.69, 9.17) is 0 Å². The topological polar surface area (TPSA) is 12.4 Å². The number of hydrogen-bond donors (Lipinski definition) is 0. The van der Waals surface area contributed by atoms with Gasteiger partial charge >= 0.3 is 0 Å². The second-order valence-corrected chi connectivity index (χ2v) is 2.99. The van der Waals surface area contributed by atoms with E-state index in [0.29, 0.717) is 0 Å². The third-order valence-electron chi connectivity index (χ3n) is 0.978. The molecule has 0 saturated heterocycles. The summed E-state index contributed by atoms with van der Waals surface area (Å²) in [5, 5.41) is 2.77. The average Bonchev–Trinajstić information content (AvgIpc) is 1.88. The molecule has 1 nitrogen and oxygen atoms in total. The van der Waals surface area contributed by atoms with Crippen molar-refractivity contribution in [2.24, 2.45) is 4.99 Å². The molecule has 0 spiro atoms. The van der Waals surface area contributed by atoms with Gasteiger partial charge in [-0.15, -0.1) is 0 Å². The van der Waals surface area contributed by atoms with Gasteiger partial charge in [0.05, 0.1) is 5.04 Å². The summed E-state index contributed by atoms with van der Waals surface area (Å²) < 4.78 is 0. The number of aliphatic imine (C=N–C) groups is 1. The normalized spacial score (nSPS) is 11.2. The van der Waals surface area contributed by atoms with Gasteiger partial charge < -0.3 is 0 Å². The van der Waals surface area contributed by atoms with Crippen LogP contribution in [-0.2, 0) is 0 Å². The third-order valence-corrected chi connectivity index (χ3v) is 1.58. The van der Waals surface area contributed by atoms with Crippen molar-refractivity contribution < 1.29 is 0 Å². The first kappa shape index (κ1) is 9.50. The van der Waals surface area contributed by atoms with Gasteiger partial charge in [0.2, 0.25) is 0 Å². The van der Waals surface area contributed by atoms with Gasteiger partial charge in [-0.25, -0.2) is 0 Å². The molecule has 0 heterocycles. The van der Waals surface area contributed by atoms with Gasteiger partial charge in [-0.05, 0) is 18.8 Å². The van der Waals surface area contributed by atoms with Crippen molar-refractivity contribution in [2.75, 3.05) is 0 Å². The van der Waals surface area contributed by atoms with Crippen molar-refractivity contribution in [1.82, 2.24) is 0 Å². The first-order valence-electron chi connectivity index (χ1n) is 3.21. The van der Waals surface area contributed by atoms with Crippen LogP contribution in [0.5, 0.6) is 0 Å². The van der Waals surface area contributed by atoms with Gasteiger partial charge in [0, 0.05) is 5.70 Å². The first-order chi connectivity index (χ1) is 4.70. The molecule has 10 heavy (non-hydrogen) atoms. The van der Waals surface area contributed by atoms with Gasteiger partial charge in [-0.3, -0.25) is 4.99 Å². The van der Waals surface area contributed by atoms with Crippen molar-refractivity contribution in [3.8, 4) is 0 Å². The fraction of sp³-hybridized carbons (Fsp3) is 0.375. The van der Waals surface area contributed by atoms with Crippen LogP contribution >= 0.6 is 11.8 Å². The largest absolute Gasteiger partial charge is 0.252 e. The third kappa shape index (κ3) is 4.39. The van der Waals surface area contributed by atoms with E-state index in [0.717, 1.165) is 17.2 Å². The van der Waals surface area contributed by atoms with Gasteiger partial charge in [0.25, 0.3) is 0 Å². The lowest BCUT2D eigenvalue weighted by Gasteiger charge is -1.95. The quantitative estimate of drug-likeness (QED) is 0.450. The van der Waals surface area contributed by atoms with Crippen molar-refractivity contribution in [3.63, 3.8) is 0 Å². The zero-order valence-electron chi connectivity index (χ0n) is 6.55. The highest BCUT2D eigenvalue weighted by Gasteiger charge is 1.88. The van der Waals surface area contributed by atoms with Crippen molar-refractivity contribution in [2.45, 2.75) is 20.3 Å². The van der Waals surface area contributed by atoms with Crippen LogP contribution in [0.3, 0.4) is 0 Å². The minimum Gasteiger partial charge on any atom is -0.252 e. The molecule has 0 aliphatic heterocycles. The highest BCUT2D eigenvalue weighted by atomic mass is 32.2. The van der Waals surface area contributed by atoms with E-state index in [2.05, 4.69) is 18.2 Å². The molecule has 0 N–H and O–H groups in total. The lowest BCUT2D eigenvalue weighted by Crippen LogP contribution is -1.81. The minimum atomic E-state index is 0.912. The molecule has 0 fully saturated rings. The molecule has 0 rings (SSSR count). The van der Waals surface area contributed by atoms with Crippen molar-refractivity contribution >= 4 is 16.8 Å². The Hall–Kier alpha value is -0.500. The fourth-order valence-corrected chi connectivity index (χ4v) is 0.872. The molecule has 0 aromatic carbocycles. The maximum atomic E-state index is 4.20. The van der Waals surface area contributed by atoms with Crippen LogP contribution in [0.2, 0.25) is 0 Å². The number of hydrogen-bond acceptors (Lipinski definition) is 2. The standard InChI is InChI=1S/C8H13NS/c1-5-7(3)9-8(4)10-6-2/h6H,2-3,5H2,1,4H3. The molecule has 0 unspecified atom stereocenters. The van der Waals surface area contributed by atoms with Crippen LogP contribution in [0.25, 0.3) is 0 Å². The van der Waals surface area contributed by atoms with Gasteiger partial charge in [-0.2, -0.15) is 0 Å². The summed E-state index contributed by atoms with van der Waals surface area (Å²) in [5.41, 5.74) is 0.923. The van der Waals surface area contributed by atoms with Crippen LogP contribution in [0.4, 0.5) is 0 Å². The van der Waals surface area contributed by atoms with Crippen LogP contribution in [0, 0.1) is 0 Å². The maximum Gasteiger partial charge on any atom is 0.0745 e. The summed E-state index contributed by atoms with van der Waals surface area (Å²) in [6.45, 7) is 11.3. The number of thioether (sulfide) groups is 1. The van der Waals surface area contributed by atoms with Crippen LogP contribution < -0.4 is 0 Å². The Balaban J connectivity index is 3.88. The van der Waals surface area contributed by atoms with Crippen LogP contribution in [-0.4, -0.2) is 5.04 Å². The predicted molar refractivity (Wildman–Crippen MR) is 50.3 cm³/mol. The fourth-order valence-electron chi connectivity index (χ4n) is 0.449. The Labute approximate surface area is 66.9 Å². The molecule has 0 atom stereocenters. The van der Waals surface area contributed by atoms with Crippen LogP contribution in [0.15, 0.2) is 29.3 Å². The SMILES string of the molecule is C=CSC(C)=NC(=C)CC.